The molecule has 16 heavy (non-hydrogen) atoms. The van der Waals surface area contributed by atoms with Crippen LogP contribution in [0.25, 0.3) is 0 Å². The van der Waals surface area contributed by atoms with Gasteiger partial charge in [-0.1, -0.05) is 13.0 Å². The van der Waals surface area contributed by atoms with Crippen LogP contribution in [0.4, 0.5) is 0 Å². The minimum Gasteiger partial charge on any atom is -0.495 e. The highest BCUT2D eigenvalue weighted by atomic mass is 32.2. The van der Waals surface area contributed by atoms with E-state index in [1.54, 1.807) is 13.0 Å². The van der Waals surface area contributed by atoms with Gasteiger partial charge in [0.05, 0.1) is 7.11 Å². The molecule has 0 radical (unpaired) electrons. The predicted octanol–water partition coefficient (Wildman–Crippen LogP) is 0.865. The third-order valence-corrected chi connectivity index (χ3v) is 3.53. The van der Waals surface area contributed by atoms with Gasteiger partial charge in [0.2, 0.25) is 10.0 Å². The average Bonchev–Trinajstić information content (AvgIpc) is 2.27. The lowest BCUT2D eigenvalue weighted by molar-refractivity contribution is 0.412. The van der Waals surface area contributed by atoms with Crippen molar-refractivity contribution in [3.05, 3.63) is 23.8 Å². The second-order valence-corrected chi connectivity index (χ2v) is 4.68. The molecule has 1 N–H and O–H groups in total. The number of sulfonamides is 1. The van der Waals surface area contributed by atoms with Crippen molar-refractivity contribution in [2.75, 3.05) is 13.7 Å². The van der Waals surface area contributed by atoms with Crippen molar-refractivity contribution >= 4 is 10.0 Å². The lowest BCUT2D eigenvalue weighted by Gasteiger charge is -2.09. The zero-order valence-corrected chi connectivity index (χ0v) is 9.84. The molecule has 0 fully saturated rings. The van der Waals surface area contributed by atoms with Gasteiger partial charge in [0.1, 0.15) is 22.3 Å². The third-order valence-electron chi connectivity index (χ3n) is 1.94. The molecule has 0 saturated carbocycles. The van der Waals surface area contributed by atoms with Gasteiger partial charge in [-0.2, -0.15) is 5.26 Å². The molecule has 0 spiro atoms. The standard InChI is InChI=1S/C10H12N2O3S/c1-3-12-16(13,14)10-6-4-5-9(15-2)8(10)7-11/h4-6,12H,3H2,1-2H3. The minimum absolute atomic E-state index is 0.0194. The van der Waals surface area contributed by atoms with Gasteiger partial charge < -0.3 is 4.74 Å². The monoisotopic (exact) mass is 240 g/mol. The average molecular weight is 240 g/mol. The van der Waals surface area contributed by atoms with Gasteiger partial charge >= 0.3 is 0 Å². The molecular weight excluding hydrogens is 228 g/mol. The summed E-state index contributed by atoms with van der Waals surface area (Å²) in [4.78, 5) is -0.0591. The molecule has 1 aromatic rings. The number of hydrogen-bond acceptors (Lipinski definition) is 4. The van der Waals surface area contributed by atoms with Crippen molar-refractivity contribution in [3.8, 4) is 11.8 Å². The maximum atomic E-state index is 11.8. The first-order valence-electron chi connectivity index (χ1n) is 4.63. The van der Waals surface area contributed by atoms with Crippen LogP contribution >= 0.6 is 0 Å². The quantitative estimate of drug-likeness (QED) is 0.846. The van der Waals surface area contributed by atoms with Crippen molar-refractivity contribution < 1.29 is 13.2 Å². The third kappa shape index (κ3) is 2.32. The molecule has 5 nitrogen and oxygen atoms in total. The maximum absolute atomic E-state index is 11.8. The van der Waals surface area contributed by atoms with Crippen LogP contribution in [-0.2, 0) is 10.0 Å². The number of nitrogens with one attached hydrogen (secondary N) is 1. The van der Waals surface area contributed by atoms with E-state index in [1.807, 2.05) is 6.07 Å². The van der Waals surface area contributed by atoms with Crippen LogP contribution in [-0.4, -0.2) is 22.1 Å². The van der Waals surface area contributed by atoms with Gasteiger partial charge in [-0.15, -0.1) is 0 Å². The molecule has 0 atom stereocenters. The predicted molar refractivity (Wildman–Crippen MR) is 58.6 cm³/mol. The molecule has 0 amide bonds. The Kier molecular flexibility index (Phi) is 3.88. The number of rotatable bonds is 4. The Morgan fingerprint density at radius 1 is 1.50 bits per heavy atom. The summed E-state index contributed by atoms with van der Waals surface area (Å²) in [5, 5.41) is 8.94. The molecule has 0 heterocycles. The molecule has 0 saturated heterocycles. The Morgan fingerprint density at radius 2 is 2.19 bits per heavy atom. The SMILES string of the molecule is CCNS(=O)(=O)c1cccc(OC)c1C#N. The maximum Gasteiger partial charge on any atom is 0.242 e. The molecular formula is C10H12N2O3S. The summed E-state index contributed by atoms with van der Waals surface area (Å²) in [5.41, 5.74) is 0.0194. The van der Waals surface area contributed by atoms with Crippen LogP contribution in [0.5, 0.6) is 5.75 Å². The topological polar surface area (TPSA) is 79.2 Å². The number of nitriles is 1. The Labute approximate surface area is 94.7 Å². The lowest BCUT2D eigenvalue weighted by Crippen LogP contribution is -2.24. The summed E-state index contributed by atoms with van der Waals surface area (Å²) in [6.45, 7) is 1.94. The van der Waals surface area contributed by atoms with Gasteiger partial charge in [0.25, 0.3) is 0 Å². The largest absolute Gasteiger partial charge is 0.495 e. The first-order chi connectivity index (χ1) is 7.56. The van der Waals surface area contributed by atoms with Crippen molar-refractivity contribution in [3.63, 3.8) is 0 Å². The summed E-state index contributed by atoms with van der Waals surface area (Å²) in [6, 6.07) is 6.29. The second kappa shape index (κ2) is 4.96. The van der Waals surface area contributed by atoms with Gasteiger partial charge in [-0.05, 0) is 12.1 Å². The molecule has 0 aliphatic rings. The Balaban J connectivity index is 3.41. The summed E-state index contributed by atoms with van der Waals surface area (Å²) in [7, 11) is -2.25. The minimum atomic E-state index is -3.64. The Hall–Kier alpha value is -1.58. The molecule has 1 aromatic carbocycles. The van der Waals surface area contributed by atoms with Crippen LogP contribution in [0.1, 0.15) is 12.5 Å². The molecule has 0 aliphatic heterocycles. The van der Waals surface area contributed by atoms with Crippen LogP contribution in [0.15, 0.2) is 23.1 Å². The van der Waals surface area contributed by atoms with Crippen LogP contribution in [0.3, 0.4) is 0 Å². The fraction of sp³-hybridized carbons (Fsp3) is 0.300. The number of methoxy groups -OCH3 is 1. The van der Waals surface area contributed by atoms with Crippen molar-refractivity contribution in [1.29, 1.82) is 5.26 Å². The fourth-order valence-electron chi connectivity index (χ4n) is 1.28. The second-order valence-electron chi connectivity index (χ2n) is 2.95. The van der Waals surface area contributed by atoms with E-state index in [1.165, 1.54) is 19.2 Å². The van der Waals surface area contributed by atoms with E-state index in [4.69, 9.17) is 10.00 Å². The highest BCUT2D eigenvalue weighted by Gasteiger charge is 2.20. The molecule has 1 rings (SSSR count). The van der Waals surface area contributed by atoms with E-state index in [0.29, 0.717) is 0 Å². The molecule has 0 aliphatic carbocycles. The lowest BCUT2D eigenvalue weighted by atomic mass is 10.2. The highest BCUT2D eigenvalue weighted by molar-refractivity contribution is 7.89. The van der Waals surface area contributed by atoms with E-state index < -0.39 is 10.0 Å². The van der Waals surface area contributed by atoms with Gasteiger partial charge in [-0.25, -0.2) is 13.1 Å². The van der Waals surface area contributed by atoms with Crippen molar-refractivity contribution in [1.82, 2.24) is 4.72 Å². The van der Waals surface area contributed by atoms with Gasteiger partial charge in [-0.3, -0.25) is 0 Å². The van der Waals surface area contributed by atoms with Gasteiger partial charge in [0.15, 0.2) is 0 Å². The van der Waals surface area contributed by atoms with E-state index in [9.17, 15) is 8.42 Å². The van der Waals surface area contributed by atoms with Crippen molar-refractivity contribution in [2.24, 2.45) is 0 Å². The summed E-state index contributed by atoms with van der Waals surface area (Å²) >= 11 is 0. The van der Waals surface area contributed by atoms with E-state index in [-0.39, 0.29) is 22.8 Å². The Morgan fingerprint density at radius 3 is 2.69 bits per heavy atom. The fourth-order valence-corrected chi connectivity index (χ4v) is 2.49. The number of ether oxygens (including phenoxy) is 1. The number of benzene rings is 1. The first kappa shape index (κ1) is 12.5. The smallest absolute Gasteiger partial charge is 0.242 e. The molecule has 86 valence electrons. The summed E-state index contributed by atoms with van der Waals surface area (Å²) in [6.07, 6.45) is 0. The summed E-state index contributed by atoms with van der Waals surface area (Å²) in [5.74, 6) is 0.251. The summed E-state index contributed by atoms with van der Waals surface area (Å²) < 4.78 is 30.8. The van der Waals surface area contributed by atoms with Crippen LogP contribution in [0.2, 0.25) is 0 Å². The van der Waals surface area contributed by atoms with Crippen LogP contribution in [0, 0.1) is 11.3 Å². The molecule has 0 aromatic heterocycles. The zero-order chi connectivity index (χ0) is 12.2. The van der Waals surface area contributed by atoms with E-state index in [0.717, 1.165) is 0 Å². The highest BCUT2D eigenvalue weighted by Crippen LogP contribution is 2.24. The van der Waals surface area contributed by atoms with E-state index >= 15 is 0 Å². The van der Waals surface area contributed by atoms with E-state index in [2.05, 4.69) is 4.72 Å². The normalized spacial score (nSPS) is 10.8. The number of hydrogen-bond donors (Lipinski definition) is 1. The first-order valence-corrected chi connectivity index (χ1v) is 6.12. The van der Waals surface area contributed by atoms with Gasteiger partial charge in [0, 0.05) is 6.54 Å². The number of nitrogens with zero attached hydrogens (tertiary/aromatic N) is 1. The molecule has 6 heteroatoms. The molecule has 0 bridgehead atoms. The molecule has 0 unspecified atom stereocenters. The van der Waals surface area contributed by atoms with Crippen LogP contribution < -0.4 is 9.46 Å². The zero-order valence-electron chi connectivity index (χ0n) is 9.02. The van der Waals surface area contributed by atoms with Crippen molar-refractivity contribution in [2.45, 2.75) is 11.8 Å². The Bertz CT molecular complexity index is 517.